The second-order valence-corrected chi connectivity index (χ2v) is 24.5. The van der Waals surface area contributed by atoms with Gasteiger partial charge >= 0.3 is 53.7 Å². The molecule has 3 fully saturated rings. The van der Waals surface area contributed by atoms with Crippen LogP contribution >= 0.6 is 0 Å². The minimum atomic E-state index is -1.33. The molecule has 15 atom stereocenters. The molecule has 3 saturated heterocycles. The summed E-state index contributed by atoms with van der Waals surface area (Å²) in [4.78, 5) is 187. The topological polar surface area (TPSA) is 470 Å². The number of ether oxygens (including phenoxy) is 15. The maximum Gasteiger partial charge on any atom is 0.303 e. The van der Waals surface area contributed by atoms with E-state index >= 15 is 0 Å². The molecule has 0 saturated carbocycles. The van der Waals surface area contributed by atoms with E-state index in [0.29, 0.717) is 84.0 Å². The lowest BCUT2D eigenvalue weighted by Gasteiger charge is -2.44. The van der Waals surface area contributed by atoms with Crippen molar-refractivity contribution in [3.8, 4) is 0 Å². The van der Waals surface area contributed by atoms with Gasteiger partial charge < -0.3 is 108 Å². The molecular formula is C66H105N7O30. The summed E-state index contributed by atoms with van der Waals surface area (Å²) >= 11 is 0. The fraction of sp³-hybridized carbons (Fsp3) is 0.773. The first-order valence-corrected chi connectivity index (χ1v) is 34.3. The molecule has 3 rings (SSSR count). The van der Waals surface area contributed by atoms with Gasteiger partial charge in [-0.25, -0.2) is 0 Å². The van der Waals surface area contributed by atoms with Gasteiger partial charge in [0.05, 0.1) is 0 Å². The molecule has 3 aliphatic rings. The molecule has 0 aromatic carbocycles. The Morgan fingerprint density at radius 3 is 0.903 bits per heavy atom. The molecule has 0 aromatic rings. The first kappa shape index (κ1) is 89.0. The minimum Gasteiger partial charge on any atom is -0.463 e. The molecule has 103 heavy (non-hydrogen) atoms. The van der Waals surface area contributed by atoms with Crippen molar-refractivity contribution in [2.75, 3.05) is 78.9 Å². The highest BCUT2D eigenvalue weighted by Gasteiger charge is 2.54. The Balaban J connectivity index is 1.59. The zero-order valence-electron chi connectivity index (χ0n) is 60.8. The lowest BCUT2D eigenvalue weighted by atomic mass is 9.96. The van der Waals surface area contributed by atoms with Crippen LogP contribution in [0.2, 0.25) is 0 Å². The summed E-state index contributed by atoms with van der Waals surface area (Å²) in [6.07, 6.45) is -11.3. The van der Waals surface area contributed by atoms with Gasteiger partial charge in [0.15, 0.2) is 55.5 Å². The van der Waals surface area contributed by atoms with E-state index in [-0.39, 0.29) is 69.9 Å². The second kappa shape index (κ2) is 47.9. The highest BCUT2D eigenvalue weighted by Crippen LogP contribution is 2.32. The standard InChI is InChI=1S/C66H105N7O30/c1-37(74)70-55-61(98-46(10)83)58(95-43(7)80)49(34-92-40(4)77)101-64(55)89-31-16-13-22-52(86)68-27-19-25-67-26-20-29-73(54(88)24-15-18-33-91-66-57(72-39(3)76)63(100-48(12)85)60(97-45(9)82)51(103-66)36-94-42(6)79)30-21-28-69-53(87)23-14-17-32-90-65-56(71-38(2)75)62(99-47(11)84)59(96-44(8)81)50(102-65)35-93-41(5)78/h49-51,55-67H,13-36H2,1-12H3,(H,68,86)(H,69,87)(H,70,74)(H,71,75)(H,72,76)/t49?,50?,51?,55?,56-,57?,58+,59+,60+,61?,62?,63?,64-,65-,66-/m1/s1. The molecule has 6 amide bonds. The van der Waals surface area contributed by atoms with Crippen molar-refractivity contribution >= 4 is 89.2 Å². The Morgan fingerprint density at radius 1 is 0.320 bits per heavy atom. The summed E-state index contributed by atoms with van der Waals surface area (Å²) < 4.78 is 84.5. The average Bonchev–Trinajstić information content (AvgIpc) is 0.802. The highest BCUT2D eigenvalue weighted by molar-refractivity contribution is 5.78. The average molecular weight is 1480 g/mol. The SMILES string of the molecule is CC(=O)NC1C(OC(C)=O)[C@@H](OC(C)=O)C(COC(C)=O)O[C@H]1OCCCCC(=O)NCCCNCCCN(CCCNC(=O)CCCCO[C@@H]1OC(COC(C)=O)[C@H](OC(C)=O)C(OC(C)=O)[C@H]1NC(C)=O)C(=O)CCCCO[C@@H]1OC(COC(C)=O)[C@H](OC(C)=O)C(OC(C)=O)C1NC(C)=O. The number of carbonyl (C=O) groups excluding carboxylic acids is 15. The minimum absolute atomic E-state index is 0.00663. The third-order valence-corrected chi connectivity index (χ3v) is 15.4. The predicted octanol–water partition coefficient (Wildman–Crippen LogP) is -0.664. The fourth-order valence-corrected chi connectivity index (χ4v) is 11.2. The zero-order valence-corrected chi connectivity index (χ0v) is 60.8. The number of rotatable bonds is 45. The first-order chi connectivity index (χ1) is 48.8. The number of carbonyl (C=O) groups is 15. The highest BCUT2D eigenvalue weighted by atomic mass is 16.7. The number of unbranched alkanes of at least 4 members (excludes halogenated alkanes) is 3. The Morgan fingerprint density at radius 2 is 0.602 bits per heavy atom. The maximum absolute atomic E-state index is 13.9. The van der Waals surface area contributed by atoms with Gasteiger partial charge in [-0.05, 0) is 70.9 Å². The van der Waals surface area contributed by atoms with Crippen molar-refractivity contribution in [1.82, 2.24) is 36.8 Å². The van der Waals surface area contributed by atoms with E-state index in [1.165, 1.54) is 27.7 Å². The first-order valence-electron chi connectivity index (χ1n) is 34.3. The Kier molecular flexibility index (Phi) is 41.4. The van der Waals surface area contributed by atoms with Crippen LogP contribution in [0.3, 0.4) is 0 Å². The second-order valence-electron chi connectivity index (χ2n) is 24.5. The van der Waals surface area contributed by atoms with Gasteiger partial charge in [-0.1, -0.05) is 0 Å². The zero-order chi connectivity index (χ0) is 76.7. The van der Waals surface area contributed by atoms with Crippen LogP contribution in [0.5, 0.6) is 0 Å². The predicted molar refractivity (Wildman–Crippen MR) is 351 cm³/mol. The van der Waals surface area contributed by atoms with Crippen LogP contribution in [0.1, 0.15) is 160 Å². The molecule has 0 bridgehead atoms. The number of hydrogen-bond acceptors (Lipinski definition) is 31. The lowest BCUT2D eigenvalue weighted by molar-refractivity contribution is -0.277. The summed E-state index contributed by atoms with van der Waals surface area (Å²) in [6.45, 7) is 14.8. The normalized spacial score (nSPS) is 24.2. The van der Waals surface area contributed by atoms with Crippen molar-refractivity contribution < 1.29 is 143 Å². The van der Waals surface area contributed by atoms with E-state index in [2.05, 4.69) is 31.9 Å². The molecule has 37 nitrogen and oxygen atoms in total. The Labute approximate surface area is 598 Å². The molecule has 37 heteroatoms. The van der Waals surface area contributed by atoms with Gasteiger partial charge in [-0.3, -0.25) is 71.9 Å². The van der Waals surface area contributed by atoms with E-state index in [4.69, 9.17) is 71.1 Å². The van der Waals surface area contributed by atoms with Gasteiger partial charge in [0.2, 0.25) is 35.4 Å². The monoisotopic (exact) mass is 1480 g/mol. The van der Waals surface area contributed by atoms with Gasteiger partial charge in [-0.15, -0.1) is 0 Å². The van der Waals surface area contributed by atoms with Crippen molar-refractivity contribution in [3.05, 3.63) is 0 Å². The summed E-state index contributed by atoms with van der Waals surface area (Å²) in [6, 6.07) is -3.49. The molecule has 3 heterocycles. The number of amides is 6. The van der Waals surface area contributed by atoms with Gasteiger partial charge in [-0.2, -0.15) is 0 Å². The van der Waals surface area contributed by atoms with Crippen LogP contribution in [0.4, 0.5) is 0 Å². The Bertz CT molecular complexity index is 2810. The van der Waals surface area contributed by atoms with Crippen molar-refractivity contribution in [3.63, 3.8) is 0 Å². The van der Waals surface area contributed by atoms with Crippen LogP contribution in [0.15, 0.2) is 0 Å². The van der Waals surface area contributed by atoms with E-state index in [0.717, 1.165) is 55.4 Å². The van der Waals surface area contributed by atoms with E-state index in [1.807, 2.05) is 0 Å². The molecular weight excluding hydrogens is 1370 g/mol. The molecule has 6 N–H and O–H groups in total. The van der Waals surface area contributed by atoms with E-state index in [1.54, 1.807) is 4.90 Å². The molecule has 584 valence electrons. The molecule has 3 aliphatic heterocycles. The molecule has 0 aliphatic carbocycles. The van der Waals surface area contributed by atoms with E-state index in [9.17, 15) is 71.9 Å². The Hall–Kier alpha value is -8.23. The summed E-state index contributed by atoms with van der Waals surface area (Å²) in [5.74, 6) is -8.91. The molecule has 0 spiro atoms. The van der Waals surface area contributed by atoms with Crippen LogP contribution < -0.4 is 31.9 Å². The third-order valence-electron chi connectivity index (χ3n) is 15.4. The molecule has 0 aromatic heterocycles. The number of nitrogens with zero attached hydrogens (tertiary/aromatic N) is 1. The van der Waals surface area contributed by atoms with Crippen molar-refractivity contribution in [2.24, 2.45) is 0 Å². The largest absolute Gasteiger partial charge is 0.463 e. The fourth-order valence-electron chi connectivity index (χ4n) is 11.2. The van der Waals surface area contributed by atoms with Crippen molar-refractivity contribution in [2.45, 2.75) is 252 Å². The molecule has 8 unspecified atom stereocenters. The third kappa shape index (κ3) is 35.7. The van der Waals surface area contributed by atoms with Crippen LogP contribution in [0, 0.1) is 0 Å². The number of esters is 9. The summed E-state index contributed by atoms with van der Waals surface area (Å²) in [5.41, 5.74) is 0. The smallest absolute Gasteiger partial charge is 0.303 e. The van der Waals surface area contributed by atoms with Crippen molar-refractivity contribution in [1.29, 1.82) is 0 Å². The van der Waals surface area contributed by atoms with Crippen LogP contribution in [-0.4, -0.2) is 265 Å². The maximum atomic E-state index is 13.9. The van der Waals surface area contributed by atoms with E-state index < -0.39 is 183 Å². The summed E-state index contributed by atoms with van der Waals surface area (Å²) in [7, 11) is 0. The van der Waals surface area contributed by atoms with Gasteiger partial charge in [0.25, 0.3) is 0 Å². The molecule has 0 radical (unpaired) electrons. The lowest BCUT2D eigenvalue weighted by Crippen LogP contribution is -2.66. The quantitative estimate of drug-likeness (QED) is 0.0250. The van der Waals surface area contributed by atoms with Crippen LogP contribution in [0.25, 0.3) is 0 Å². The van der Waals surface area contributed by atoms with Gasteiger partial charge in [0.1, 0.15) is 56.3 Å². The summed E-state index contributed by atoms with van der Waals surface area (Å²) in [5, 5.41) is 17.0. The van der Waals surface area contributed by atoms with Gasteiger partial charge in [0, 0.05) is 148 Å². The van der Waals surface area contributed by atoms with Crippen LogP contribution in [-0.2, 0) is 143 Å². The number of nitrogens with one attached hydrogen (secondary N) is 6. The number of hydrogen-bond donors (Lipinski definition) is 6.